The normalized spacial score (nSPS) is 26.0. The Labute approximate surface area is 121 Å². The maximum Gasteiger partial charge on any atom is 0.287 e. The van der Waals surface area contributed by atoms with E-state index in [9.17, 15) is 9.90 Å². The molecule has 0 amide bonds. The Morgan fingerprint density at radius 3 is 3.05 bits per heavy atom. The van der Waals surface area contributed by atoms with E-state index in [0.717, 1.165) is 18.6 Å². The first-order valence-corrected chi connectivity index (χ1v) is 7.70. The molecule has 2 atom stereocenters. The van der Waals surface area contributed by atoms with Crippen LogP contribution in [0.2, 0.25) is 5.02 Å². The highest BCUT2D eigenvalue weighted by Crippen LogP contribution is 2.41. The summed E-state index contributed by atoms with van der Waals surface area (Å²) in [5, 5.41) is 17.8. The largest absolute Gasteiger partial charge is 0.387 e. The molecule has 0 spiro atoms. The first kappa shape index (κ1) is 14.7. The average Bonchev–Trinajstić information content (AvgIpc) is 2.40. The van der Waals surface area contributed by atoms with Gasteiger partial charge in [0.2, 0.25) is 0 Å². The minimum Gasteiger partial charge on any atom is -0.387 e. The van der Waals surface area contributed by atoms with Gasteiger partial charge in [0, 0.05) is 18.8 Å². The van der Waals surface area contributed by atoms with E-state index in [0.29, 0.717) is 12.2 Å². The minimum absolute atomic E-state index is 0.111. The topological polar surface area (TPSA) is 67.2 Å². The van der Waals surface area contributed by atoms with Crippen LogP contribution in [0.5, 0.6) is 0 Å². The zero-order chi connectivity index (χ0) is 14.0. The summed E-state index contributed by atoms with van der Waals surface area (Å²) in [6.45, 7) is 2.47. The van der Waals surface area contributed by atoms with E-state index in [1.165, 1.54) is 10.9 Å². The van der Waals surface area contributed by atoms with Gasteiger partial charge in [0.05, 0.1) is 17.5 Å². The highest BCUT2D eigenvalue weighted by atomic mass is 35.5. The number of rotatable bonds is 5. The summed E-state index contributed by atoms with van der Waals surface area (Å²) in [6.07, 6.45) is 3.31. The van der Waals surface area contributed by atoms with Crippen molar-refractivity contribution in [1.82, 2.24) is 9.78 Å². The summed E-state index contributed by atoms with van der Waals surface area (Å²) >= 11 is 7.73. The highest BCUT2D eigenvalue weighted by molar-refractivity contribution is 8.00. The number of hydrogen-bond acceptors (Lipinski definition) is 5. The molecule has 0 radical (unpaired) electrons. The van der Waals surface area contributed by atoms with Crippen LogP contribution in [-0.4, -0.2) is 38.0 Å². The first-order chi connectivity index (χ1) is 8.98. The van der Waals surface area contributed by atoms with Gasteiger partial charge in [-0.05, 0) is 18.6 Å². The lowest BCUT2D eigenvalue weighted by molar-refractivity contribution is -0.0120. The van der Waals surface area contributed by atoms with Gasteiger partial charge in [-0.3, -0.25) is 4.79 Å². The van der Waals surface area contributed by atoms with Crippen molar-refractivity contribution < 1.29 is 5.11 Å². The van der Waals surface area contributed by atoms with Crippen LogP contribution in [0.1, 0.15) is 19.8 Å². The summed E-state index contributed by atoms with van der Waals surface area (Å²) in [5.41, 5.74) is -0.581. The number of nitrogens with one attached hydrogen (secondary N) is 1. The van der Waals surface area contributed by atoms with Gasteiger partial charge in [0.25, 0.3) is 5.56 Å². The number of anilines is 1. The molecule has 19 heavy (non-hydrogen) atoms. The van der Waals surface area contributed by atoms with Crippen LogP contribution >= 0.6 is 23.4 Å². The van der Waals surface area contributed by atoms with Crippen molar-refractivity contribution in [1.29, 1.82) is 0 Å². The van der Waals surface area contributed by atoms with Crippen LogP contribution in [0.4, 0.5) is 5.69 Å². The van der Waals surface area contributed by atoms with E-state index >= 15 is 0 Å². The van der Waals surface area contributed by atoms with Crippen molar-refractivity contribution in [3.8, 4) is 0 Å². The summed E-state index contributed by atoms with van der Waals surface area (Å²) in [5.74, 6) is 0.987. The second-order valence-electron chi connectivity index (χ2n) is 4.74. The van der Waals surface area contributed by atoms with Crippen molar-refractivity contribution >= 4 is 29.1 Å². The maximum atomic E-state index is 11.6. The third kappa shape index (κ3) is 2.90. The molecule has 7 heteroatoms. The molecule has 0 aromatic carbocycles. The number of nitrogens with zero attached hydrogens (tertiary/aromatic N) is 2. The van der Waals surface area contributed by atoms with Crippen LogP contribution in [-0.2, 0) is 7.05 Å². The van der Waals surface area contributed by atoms with Crippen molar-refractivity contribution in [2.45, 2.75) is 30.6 Å². The van der Waals surface area contributed by atoms with Crippen molar-refractivity contribution in [3.05, 3.63) is 21.6 Å². The average molecular weight is 304 g/mol. The summed E-state index contributed by atoms with van der Waals surface area (Å²) in [7, 11) is 1.55. The zero-order valence-electron chi connectivity index (χ0n) is 11.0. The molecular weight excluding hydrogens is 286 g/mol. The van der Waals surface area contributed by atoms with Gasteiger partial charge in [-0.2, -0.15) is 16.9 Å². The van der Waals surface area contributed by atoms with Gasteiger partial charge in [0.15, 0.2) is 0 Å². The van der Waals surface area contributed by atoms with Gasteiger partial charge in [-0.1, -0.05) is 18.5 Å². The molecule has 0 saturated heterocycles. The number of thioether (sulfide) groups is 1. The molecule has 1 aliphatic rings. The lowest BCUT2D eigenvalue weighted by Gasteiger charge is -2.45. The number of aryl methyl sites for hydroxylation is 1. The smallest absolute Gasteiger partial charge is 0.287 e. The molecule has 2 N–H and O–H groups in total. The van der Waals surface area contributed by atoms with E-state index in [2.05, 4.69) is 17.3 Å². The molecule has 2 rings (SSSR count). The van der Waals surface area contributed by atoms with E-state index in [4.69, 9.17) is 11.6 Å². The Balaban J connectivity index is 2.03. The van der Waals surface area contributed by atoms with Crippen LogP contribution in [0.3, 0.4) is 0 Å². The number of hydrogen-bond donors (Lipinski definition) is 2. The van der Waals surface area contributed by atoms with Gasteiger partial charge in [0.1, 0.15) is 5.02 Å². The molecule has 0 aliphatic heterocycles. The molecule has 0 bridgehead atoms. The Morgan fingerprint density at radius 1 is 1.74 bits per heavy atom. The fraction of sp³-hybridized carbons (Fsp3) is 0.667. The molecule has 5 nitrogen and oxygen atoms in total. The molecule has 1 fully saturated rings. The van der Waals surface area contributed by atoms with Gasteiger partial charge >= 0.3 is 0 Å². The van der Waals surface area contributed by atoms with E-state index in [1.54, 1.807) is 18.8 Å². The summed E-state index contributed by atoms with van der Waals surface area (Å²) < 4.78 is 1.18. The Bertz CT molecular complexity index is 522. The Hall–Kier alpha value is -0.720. The lowest BCUT2D eigenvalue weighted by Crippen LogP contribution is -2.54. The number of halogens is 1. The van der Waals surface area contributed by atoms with Crippen molar-refractivity contribution in [2.75, 3.05) is 17.6 Å². The molecule has 2 unspecified atom stereocenters. The molecule has 1 heterocycles. The third-order valence-electron chi connectivity index (χ3n) is 3.47. The Morgan fingerprint density at radius 2 is 2.47 bits per heavy atom. The van der Waals surface area contributed by atoms with Crippen LogP contribution in [0.15, 0.2) is 11.0 Å². The fourth-order valence-electron chi connectivity index (χ4n) is 2.12. The summed E-state index contributed by atoms with van der Waals surface area (Å²) in [6, 6.07) is 0. The number of aliphatic hydroxyl groups is 1. The molecule has 1 saturated carbocycles. The standard InChI is InChI=1S/C12H18ClN3O2S/c1-3-19-9-4-5-12(9,18)7-14-8-6-15-16(2)11(17)10(8)13/h6,9,14,18H,3-5,7H2,1-2H3. The Kier molecular flexibility index (Phi) is 4.43. The van der Waals surface area contributed by atoms with Crippen LogP contribution in [0.25, 0.3) is 0 Å². The van der Waals surface area contributed by atoms with Gasteiger partial charge in [-0.25, -0.2) is 4.68 Å². The molecule has 1 aliphatic carbocycles. The van der Waals surface area contributed by atoms with E-state index in [-0.39, 0.29) is 15.8 Å². The van der Waals surface area contributed by atoms with E-state index < -0.39 is 5.60 Å². The fourth-order valence-corrected chi connectivity index (χ4v) is 3.56. The quantitative estimate of drug-likeness (QED) is 0.863. The monoisotopic (exact) mass is 303 g/mol. The second-order valence-corrected chi connectivity index (χ2v) is 6.60. The second kappa shape index (κ2) is 5.73. The predicted octanol–water partition coefficient (Wildman–Crippen LogP) is 1.49. The van der Waals surface area contributed by atoms with Gasteiger partial charge in [-0.15, -0.1) is 0 Å². The maximum absolute atomic E-state index is 11.6. The third-order valence-corrected chi connectivity index (χ3v) is 5.25. The highest BCUT2D eigenvalue weighted by Gasteiger charge is 2.45. The molecule has 1 aromatic heterocycles. The zero-order valence-corrected chi connectivity index (χ0v) is 12.6. The summed E-state index contributed by atoms with van der Waals surface area (Å²) in [4.78, 5) is 11.6. The number of aromatic nitrogens is 2. The van der Waals surface area contributed by atoms with Crippen LogP contribution in [0, 0.1) is 0 Å². The molecule has 1 aromatic rings. The SMILES string of the molecule is CCSC1CCC1(O)CNc1cnn(C)c(=O)c1Cl. The van der Waals surface area contributed by atoms with Crippen LogP contribution < -0.4 is 10.9 Å². The van der Waals surface area contributed by atoms with Crippen molar-refractivity contribution in [3.63, 3.8) is 0 Å². The van der Waals surface area contributed by atoms with E-state index in [1.807, 2.05) is 0 Å². The lowest BCUT2D eigenvalue weighted by atomic mass is 9.79. The van der Waals surface area contributed by atoms with Gasteiger partial charge < -0.3 is 10.4 Å². The van der Waals surface area contributed by atoms with Crippen molar-refractivity contribution in [2.24, 2.45) is 7.05 Å². The molecular formula is C12H18ClN3O2S. The molecule has 106 valence electrons. The predicted molar refractivity (Wildman–Crippen MR) is 79.1 cm³/mol. The minimum atomic E-state index is -0.717. The first-order valence-electron chi connectivity index (χ1n) is 6.27.